The molecule has 0 aliphatic rings. The zero-order chi connectivity index (χ0) is 15.7. The van der Waals surface area contributed by atoms with Crippen molar-refractivity contribution in [1.82, 2.24) is 0 Å². The molecule has 1 aromatic rings. The van der Waals surface area contributed by atoms with Gasteiger partial charge < -0.3 is 13.8 Å². The van der Waals surface area contributed by atoms with Crippen LogP contribution in [0.5, 0.6) is 5.75 Å². The van der Waals surface area contributed by atoms with Crippen LogP contribution in [0.2, 0.25) is 0 Å². The van der Waals surface area contributed by atoms with Gasteiger partial charge in [0.25, 0.3) is 0 Å². The van der Waals surface area contributed by atoms with Crippen molar-refractivity contribution in [3.63, 3.8) is 0 Å². The van der Waals surface area contributed by atoms with Gasteiger partial charge in [0, 0.05) is 6.08 Å². The van der Waals surface area contributed by atoms with Crippen LogP contribution >= 0.6 is 7.60 Å². The largest absolute Gasteiger partial charge is 0.497 e. The quantitative estimate of drug-likeness (QED) is 0.538. The SMILES string of the molecule is CCOP(=O)(C/C(=C/C#N)c1ccc(OC)cc1)OCC. The van der Waals surface area contributed by atoms with Crippen molar-refractivity contribution in [2.24, 2.45) is 0 Å². The van der Waals surface area contributed by atoms with E-state index in [2.05, 4.69) is 0 Å². The molecule has 6 heteroatoms. The maximum Gasteiger partial charge on any atom is 0.335 e. The molecule has 0 aliphatic heterocycles. The average molecular weight is 309 g/mol. The van der Waals surface area contributed by atoms with Crippen molar-refractivity contribution in [3.8, 4) is 11.8 Å². The maximum atomic E-state index is 12.6. The minimum atomic E-state index is -3.24. The van der Waals surface area contributed by atoms with E-state index in [-0.39, 0.29) is 6.16 Å². The number of allylic oxidation sites excluding steroid dienone is 2. The smallest absolute Gasteiger partial charge is 0.335 e. The molecule has 114 valence electrons. The summed E-state index contributed by atoms with van der Waals surface area (Å²) in [6.07, 6.45) is 1.43. The lowest BCUT2D eigenvalue weighted by molar-refractivity contribution is 0.223. The molecule has 0 atom stereocenters. The van der Waals surface area contributed by atoms with E-state index >= 15 is 0 Å². The number of hydrogen-bond donors (Lipinski definition) is 0. The summed E-state index contributed by atoms with van der Waals surface area (Å²) >= 11 is 0. The number of nitrogens with zero attached hydrogens (tertiary/aromatic N) is 1. The molecule has 0 bridgehead atoms. The van der Waals surface area contributed by atoms with Gasteiger partial charge in [0.2, 0.25) is 0 Å². The fourth-order valence-corrected chi connectivity index (χ4v) is 3.57. The standard InChI is InChI=1S/C15H20NO4P/c1-4-19-21(17,20-5-2)12-14(10-11-16)13-6-8-15(18-3)9-7-13/h6-10H,4-5,12H2,1-3H3/b14-10-. The number of hydrogen-bond acceptors (Lipinski definition) is 5. The highest BCUT2D eigenvalue weighted by Crippen LogP contribution is 2.51. The molecule has 0 aliphatic carbocycles. The predicted molar refractivity (Wildman–Crippen MR) is 82.3 cm³/mol. The summed E-state index contributed by atoms with van der Waals surface area (Å²) in [5.74, 6) is 0.716. The number of methoxy groups -OCH3 is 1. The molecule has 0 N–H and O–H groups in total. The molecule has 21 heavy (non-hydrogen) atoms. The fraction of sp³-hybridized carbons (Fsp3) is 0.400. The average Bonchev–Trinajstić information content (AvgIpc) is 2.47. The molecule has 0 unspecified atom stereocenters. The van der Waals surface area contributed by atoms with Crippen LogP contribution in [-0.2, 0) is 13.6 Å². The normalized spacial score (nSPS) is 12.0. The summed E-state index contributed by atoms with van der Waals surface area (Å²) < 4.78 is 28.2. The third-order valence-corrected chi connectivity index (χ3v) is 4.75. The molecule has 0 aromatic heterocycles. The molecule has 0 heterocycles. The van der Waals surface area contributed by atoms with Gasteiger partial charge in [0.05, 0.1) is 32.6 Å². The molecule has 0 spiro atoms. The highest BCUT2D eigenvalue weighted by atomic mass is 31.2. The first-order chi connectivity index (χ1) is 10.1. The first-order valence-corrected chi connectivity index (χ1v) is 8.42. The topological polar surface area (TPSA) is 68.6 Å². The van der Waals surface area contributed by atoms with Crippen molar-refractivity contribution in [2.75, 3.05) is 26.5 Å². The Morgan fingerprint density at radius 1 is 1.24 bits per heavy atom. The van der Waals surface area contributed by atoms with Crippen LogP contribution in [0, 0.1) is 11.3 Å². The Morgan fingerprint density at radius 3 is 2.24 bits per heavy atom. The van der Waals surface area contributed by atoms with Gasteiger partial charge in [-0.15, -0.1) is 0 Å². The lowest BCUT2D eigenvalue weighted by atomic mass is 10.1. The molecule has 0 saturated carbocycles. The molecule has 0 amide bonds. The second kappa shape index (κ2) is 8.63. The summed E-state index contributed by atoms with van der Waals surface area (Å²) in [6, 6.07) is 9.16. The van der Waals surface area contributed by atoms with E-state index in [0.29, 0.717) is 24.5 Å². The molecular weight excluding hydrogens is 289 g/mol. The van der Waals surface area contributed by atoms with Crippen LogP contribution in [0.4, 0.5) is 0 Å². The van der Waals surface area contributed by atoms with E-state index in [1.165, 1.54) is 6.08 Å². The van der Waals surface area contributed by atoms with E-state index < -0.39 is 7.60 Å². The van der Waals surface area contributed by atoms with E-state index in [9.17, 15) is 4.57 Å². The molecule has 5 nitrogen and oxygen atoms in total. The van der Waals surface area contributed by atoms with Gasteiger partial charge in [-0.1, -0.05) is 12.1 Å². The van der Waals surface area contributed by atoms with Gasteiger partial charge in [0.1, 0.15) is 5.75 Å². The Kier molecular flexibility index (Phi) is 7.18. The second-order valence-electron chi connectivity index (χ2n) is 4.13. The third-order valence-electron chi connectivity index (χ3n) is 2.72. The monoisotopic (exact) mass is 309 g/mol. The summed E-state index contributed by atoms with van der Waals surface area (Å²) in [5.41, 5.74) is 1.40. The Balaban J connectivity index is 3.04. The Morgan fingerprint density at radius 2 is 1.81 bits per heavy atom. The molecule has 1 aromatic carbocycles. The van der Waals surface area contributed by atoms with Crippen LogP contribution in [0.1, 0.15) is 19.4 Å². The number of benzene rings is 1. The van der Waals surface area contributed by atoms with Crippen molar-refractivity contribution in [3.05, 3.63) is 35.9 Å². The molecular formula is C15H20NO4P. The minimum Gasteiger partial charge on any atom is -0.497 e. The zero-order valence-electron chi connectivity index (χ0n) is 12.5. The minimum absolute atomic E-state index is 0.0641. The zero-order valence-corrected chi connectivity index (χ0v) is 13.4. The van der Waals surface area contributed by atoms with Gasteiger partial charge in [-0.2, -0.15) is 5.26 Å². The summed E-state index contributed by atoms with van der Waals surface area (Å²) in [7, 11) is -1.66. The maximum absolute atomic E-state index is 12.6. The fourth-order valence-electron chi connectivity index (χ4n) is 1.83. The molecule has 0 fully saturated rings. The van der Waals surface area contributed by atoms with Gasteiger partial charge in [-0.25, -0.2) is 0 Å². The van der Waals surface area contributed by atoms with Gasteiger partial charge >= 0.3 is 7.60 Å². The predicted octanol–water partition coefficient (Wildman–Crippen LogP) is 3.87. The van der Waals surface area contributed by atoms with Crippen LogP contribution in [-0.4, -0.2) is 26.5 Å². The Bertz CT molecular complexity index is 550. The highest BCUT2D eigenvalue weighted by molar-refractivity contribution is 7.54. The van der Waals surface area contributed by atoms with Crippen LogP contribution in [0.3, 0.4) is 0 Å². The molecule has 0 radical (unpaired) electrons. The van der Waals surface area contributed by atoms with E-state index in [4.69, 9.17) is 19.0 Å². The summed E-state index contributed by atoms with van der Waals surface area (Å²) in [4.78, 5) is 0. The van der Waals surface area contributed by atoms with Crippen molar-refractivity contribution < 1.29 is 18.3 Å². The van der Waals surface area contributed by atoms with Crippen molar-refractivity contribution in [2.45, 2.75) is 13.8 Å². The van der Waals surface area contributed by atoms with E-state index in [0.717, 1.165) is 5.56 Å². The number of ether oxygens (including phenoxy) is 1. The van der Waals surface area contributed by atoms with Gasteiger partial charge in [-0.3, -0.25) is 4.57 Å². The Hall–Kier alpha value is -1.60. The number of rotatable bonds is 8. The highest BCUT2D eigenvalue weighted by Gasteiger charge is 2.25. The van der Waals surface area contributed by atoms with Crippen molar-refractivity contribution >= 4 is 13.2 Å². The Labute approximate surface area is 125 Å². The summed E-state index contributed by atoms with van der Waals surface area (Å²) in [5, 5.41) is 8.93. The number of nitriles is 1. The van der Waals surface area contributed by atoms with E-state index in [1.54, 1.807) is 33.1 Å². The third kappa shape index (κ3) is 5.35. The second-order valence-corrected chi connectivity index (χ2v) is 6.19. The van der Waals surface area contributed by atoms with Crippen LogP contribution in [0.25, 0.3) is 5.57 Å². The first kappa shape index (κ1) is 17.5. The summed E-state index contributed by atoms with van der Waals surface area (Å²) in [6.45, 7) is 4.10. The molecule has 0 saturated heterocycles. The van der Waals surface area contributed by atoms with Crippen LogP contribution in [0.15, 0.2) is 30.3 Å². The van der Waals surface area contributed by atoms with Gasteiger partial charge in [-0.05, 0) is 37.1 Å². The molecule has 1 rings (SSSR count). The van der Waals surface area contributed by atoms with Gasteiger partial charge in [0.15, 0.2) is 0 Å². The first-order valence-electron chi connectivity index (χ1n) is 6.69. The van der Waals surface area contributed by atoms with E-state index in [1.807, 2.05) is 18.2 Å². The van der Waals surface area contributed by atoms with Crippen molar-refractivity contribution in [1.29, 1.82) is 5.26 Å². The lowest BCUT2D eigenvalue weighted by Gasteiger charge is -2.18. The lowest BCUT2D eigenvalue weighted by Crippen LogP contribution is -2.02. The van der Waals surface area contributed by atoms with Crippen LogP contribution < -0.4 is 4.74 Å².